The van der Waals surface area contributed by atoms with Gasteiger partial charge in [0.1, 0.15) is 6.10 Å². The number of hydrogen-bond acceptors (Lipinski definition) is 4. The predicted octanol–water partition coefficient (Wildman–Crippen LogP) is -0.573. The maximum Gasteiger partial charge on any atom is 0.249 e. The molecule has 0 fully saturated rings. The maximum absolute atomic E-state index is 12.8. The van der Waals surface area contributed by atoms with Gasteiger partial charge in [0.25, 0.3) is 0 Å². The predicted molar refractivity (Wildman–Crippen MR) is 50.9 cm³/mol. The van der Waals surface area contributed by atoms with E-state index in [0.29, 0.717) is 12.1 Å². The van der Waals surface area contributed by atoms with E-state index in [4.69, 9.17) is 16.6 Å². The Morgan fingerprint density at radius 1 is 1.25 bits per heavy atom. The number of hydrogen-bond donors (Lipinski definition) is 4. The fourth-order valence-electron chi connectivity index (χ4n) is 1.16. The lowest BCUT2D eigenvalue weighted by Crippen LogP contribution is -2.34. The fourth-order valence-corrected chi connectivity index (χ4v) is 1.16. The molecule has 0 radical (unpaired) electrons. The molecule has 1 aromatic carbocycles. The second kappa shape index (κ2) is 4.42. The normalized spacial score (nSPS) is 14.5. The fraction of sp³-hybridized carbons (Fsp3) is 0.222. The van der Waals surface area contributed by atoms with E-state index < -0.39 is 29.7 Å². The lowest BCUT2D eigenvalue weighted by Gasteiger charge is -2.17. The standard InChI is InChI=1S/C9H10F2N2O3/c10-4-1-3(6(12)2-5(4)11)7(14)8(15)9(13)16/h1-2,7-8,14-15H,12H2,(H2,13,16). The molecule has 16 heavy (non-hydrogen) atoms. The van der Waals surface area contributed by atoms with Crippen LogP contribution in [-0.4, -0.2) is 22.2 Å². The Balaban J connectivity index is 3.13. The summed E-state index contributed by atoms with van der Waals surface area (Å²) in [6.07, 6.45) is -3.74. The summed E-state index contributed by atoms with van der Waals surface area (Å²) in [7, 11) is 0. The number of primary amides is 1. The van der Waals surface area contributed by atoms with Gasteiger partial charge in [-0.3, -0.25) is 4.79 Å². The Morgan fingerprint density at radius 2 is 1.75 bits per heavy atom. The lowest BCUT2D eigenvalue weighted by molar-refractivity contribution is -0.131. The van der Waals surface area contributed by atoms with Crippen LogP contribution >= 0.6 is 0 Å². The van der Waals surface area contributed by atoms with Gasteiger partial charge in [0.15, 0.2) is 17.7 Å². The van der Waals surface area contributed by atoms with E-state index in [1.807, 2.05) is 0 Å². The van der Waals surface area contributed by atoms with E-state index in [2.05, 4.69) is 0 Å². The van der Waals surface area contributed by atoms with Gasteiger partial charge in [-0.15, -0.1) is 0 Å². The molecule has 6 N–H and O–H groups in total. The molecule has 2 atom stereocenters. The molecular formula is C9H10F2N2O3. The number of amides is 1. The summed E-state index contributed by atoms with van der Waals surface area (Å²) in [5.41, 5.74) is 9.45. The van der Waals surface area contributed by atoms with Crippen molar-refractivity contribution in [2.24, 2.45) is 5.73 Å². The number of anilines is 1. The van der Waals surface area contributed by atoms with Gasteiger partial charge in [-0.1, -0.05) is 0 Å². The van der Waals surface area contributed by atoms with Gasteiger partial charge in [0.05, 0.1) is 0 Å². The van der Waals surface area contributed by atoms with Crippen molar-refractivity contribution in [3.63, 3.8) is 0 Å². The minimum absolute atomic E-state index is 0.285. The Hall–Kier alpha value is -1.73. The number of carbonyl (C=O) groups is 1. The number of aliphatic hydroxyl groups is 2. The first-order chi connectivity index (χ1) is 7.34. The second-order valence-corrected chi connectivity index (χ2v) is 3.19. The summed E-state index contributed by atoms with van der Waals surface area (Å²) in [6, 6.07) is 1.24. The molecule has 0 aliphatic heterocycles. The van der Waals surface area contributed by atoms with Crippen LogP contribution < -0.4 is 11.5 Å². The Labute approximate surface area is 89.3 Å². The first-order valence-corrected chi connectivity index (χ1v) is 4.24. The summed E-state index contributed by atoms with van der Waals surface area (Å²) < 4.78 is 25.5. The second-order valence-electron chi connectivity index (χ2n) is 3.19. The molecule has 0 aliphatic carbocycles. The van der Waals surface area contributed by atoms with Crippen molar-refractivity contribution in [3.8, 4) is 0 Å². The smallest absolute Gasteiger partial charge is 0.249 e. The zero-order chi connectivity index (χ0) is 12.5. The van der Waals surface area contributed by atoms with E-state index in [0.717, 1.165) is 0 Å². The third-order valence-corrected chi connectivity index (χ3v) is 2.04. The van der Waals surface area contributed by atoms with Gasteiger partial charge < -0.3 is 21.7 Å². The highest BCUT2D eigenvalue weighted by atomic mass is 19.2. The van der Waals surface area contributed by atoms with Crippen molar-refractivity contribution in [1.29, 1.82) is 0 Å². The number of halogens is 2. The molecule has 1 aromatic rings. The highest BCUT2D eigenvalue weighted by Crippen LogP contribution is 2.25. The van der Waals surface area contributed by atoms with Crippen molar-refractivity contribution in [3.05, 3.63) is 29.3 Å². The topological polar surface area (TPSA) is 110 Å². The number of rotatable bonds is 3. The summed E-state index contributed by atoms with van der Waals surface area (Å²) in [5.74, 6) is -3.64. The molecule has 0 spiro atoms. The molecule has 0 heterocycles. The molecule has 0 saturated heterocycles. The van der Waals surface area contributed by atoms with Gasteiger partial charge in [-0.2, -0.15) is 0 Å². The number of nitrogens with two attached hydrogens (primary N) is 2. The van der Waals surface area contributed by atoms with Gasteiger partial charge >= 0.3 is 0 Å². The van der Waals surface area contributed by atoms with Crippen molar-refractivity contribution in [2.75, 3.05) is 5.73 Å². The zero-order valence-corrected chi connectivity index (χ0v) is 8.02. The van der Waals surface area contributed by atoms with Crippen LogP contribution in [-0.2, 0) is 4.79 Å². The van der Waals surface area contributed by atoms with Crippen LogP contribution in [0.1, 0.15) is 11.7 Å². The summed E-state index contributed by atoms with van der Waals surface area (Å²) in [6.45, 7) is 0. The molecule has 5 nitrogen and oxygen atoms in total. The zero-order valence-electron chi connectivity index (χ0n) is 8.02. The Kier molecular flexibility index (Phi) is 3.41. The van der Waals surface area contributed by atoms with Gasteiger partial charge in [0.2, 0.25) is 5.91 Å². The maximum atomic E-state index is 12.8. The number of carbonyl (C=O) groups excluding carboxylic acids is 1. The number of aliphatic hydroxyl groups excluding tert-OH is 2. The number of nitrogen functional groups attached to an aromatic ring is 1. The van der Waals surface area contributed by atoms with Crippen LogP contribution in [0.15, 0.2) is 12.1 Å². The number of benzene rings is 1. The minimum Gasteiger partial charge on any atom is -0.398 e. The first kappa shape index (κ1) is 12.3. The van der Waals surface area contributed by atoms with Gasteiger partial charge in [-0.25, -0.2) is 8.78 Å². The molecule has 1 amide bonds. The molecule has 0 aromatic heterocycles. The molecule has 0 aliphatic rings. The summed E-state index contributed by atoms with van der Waals surface area (Å²) in [5, 5.41) is 18.6. The highest BCUT2D eigenvalue weighted by molar-refractivity contribution is 5.79. The van der Waals surface area contributed by atoms with Crippen molar-refractivity contribution in [1.82, 2.24) is 0 Å². The van der Waals surface area contributed by atoms with Crippen LogP contribution in [0.25, 0.3) is 0 Å². The average Bonchev–Trinajstić information content (AvgIpc) is 2.21. The van der Waals surface area contributed by atoms with E-state index in [1.165, 1.54) is 0 Å². The molecular weight excluding hydrogens is 222 g/mol. The van der Waals surface area contributed by atoms with E-state index in [-0.39, 0.29) is 11.3 Å². The largest absolute Gasteiger partial charge is 0.398 e. The first-order valence-electron chi connectivity index (χ1n) is 4.24. The molecule has 0 saturated carbocycles. The SMILES string of the molecule is NC(=O)C(O)C(O)c1cc(F)c(F)cc1N. The van der Waals surface area contributed by atoms with E-state index >= 15 is 0 Å². The lowest BCUT2D eigenvalue weighted by atomic mass is 10.0. The monoisotopic (exact) mass is 232 g/mol. The van der Waals surface area contributed by atoms with Crippen molar-refractivity contribution >= 4 is 11.6 Å². The van der Waals surface area contributed by atoms with E-state index in [9.17, 15) is 18.7 Å². The Bertz CT molecular complexity index is 425. The summed E-state index contributed by atoms with van der Waals surface area (Å²) in [4.78, 5) is 10.6. The molecule has 7 heteroatoms. The van der Waals surface area contributed by atoms with Gasteiger partial charge in [0, 0.05) is 17.3 Å². The molecule has 0 bridgehead atoms. The van der Waals surface area contributed by atoms with Crippen LogP contribution in [0.2, 0.25) is 0 Å². The third kappa shape index (κ3) is 2.26. The third-order valence-electron chi connectivity index (χ3n) is 2.04. The highest BCUT2D eigenvalue weighted by Gasteiger charge is 2.26. The van der Waals surface area contributed by atoms with Crippen LogP contribution in [0.5, 0.6) is 0 Å². The van der Waals surface area contributed by atoms with Crippen molar-refractivity contribution in [2.45, 2.75) is 12.2 Å². The summed E-state index contributed by atoms with van der Waals surface area (Å²) >= 11 is 0. The van der Waals surface area contributed by atoms with E-state index in [1.54, 1.807) is 0 Å². The molecule has 1 rings (SSSR count). The minimum atomic E-state index is -1.94. The van der Waals surface area contributed by atoms with Crippen LogP contribution in [0.3, 0.4) is 0 Å². The van der Waals surface area contributed by atoms with Crippen molar-refractivity contribution < 1.29 is 23.8 Å². The molecule has 2 unspecified atom stereocenters. The average molecular weight is 232 g/mol. The Morgan fingerprint density at radius 3 is 2.25 bits per heavy atom. The molecule has 88 valence electrons. The van der Waals surface area contributed by atoms with Gasteiger partial charge in [-0.05, 0) is 6.07 Å². The van der Waals surface area contributed by atoms with Crippen LogP contribution in [0.4, 0.5) is 14.5 Å². The van der Waals surface area contributed by atoms with Crippen LogP contribution in [0, 0.1) is 11.6 Å². The quantitative estimate of drug-likeness (QED) is 0.523.